The summed E-state index contributed by atoms with van der Waals surface area (Å²) in [5.74, 6) is 0.287. The van der Waals surface area contributed by atoms with Crippen molar-refractivity contribution in [3.8, 4) is 0 Å². The highest BCUT2D eigenvalue weighted by Crippen LogP contribution is 2.48. The SMILES string of the molecule is COCC(CCO)NCC1(CC(N)=NO)CC1. The summed E-state index contributed by atoms with van der Waals surface area (Å²) in [6.45, 7) is 1.55. The molecule has 0 aromatic heterocycles. The van der Waals surface area contributed by atoms with Gasteiger partial charge in [0.1, 0.15) is 5.84 Å². The highest BCUT2D eigenvalue weighted by atomic mass is 16.5. The Hall–Kier alpha value is -0.850. The van der Waals surface area contributed by atoms with Crippen molar-refractivity contribution in [1.29, 1.82) is 0 Å². The minimum Gasteiger partial charge on any atom is -0.409 e. The molecule has 1 rings (SSSR count). The van der Waals surface area contributed by atoms with Crippen LogP contribution in [0.2, 0.25) is 0 Å². The van der Waals surface area contributed by atoms with Crippen LogP contribution in [-0.2, 0) is 4.74 Å². The van der Waals surface area contributed by atoms with Crippen LogP contribution in [0, 0.1) is 5.41 Å². The highest BCUT2D eigenvalue weighted by molar-refractivity contribution is 5.80. The maximum absolute atomic E-state index is 8.92. The summed E-state index contributed by atoms with van der Waals surface area (Å²) in [5.41, 5.74) is 5.67. The van der Waals surface area contributed by atoms with Crippen molar-refractivity contribution in [2.24, 2.45) is 16.3 Å². The second-order valence-corrected chi connectivity index (χ2v) is 4.81. The maximum atomic E-state index is 8.92. The predicted molar refractivity (Wildman–Crippen MR) is 65.1 cm³/mol. The van der Waals surface area contributed by atoms with Gasteiger partial charge >= 0.3 is 0 Å². The average molecular weight is 245 g/mol. The van der Waals surface area contributed by atoms with Crippen LogP contribution >= 0.6 is 0 Å². The third-order valence-electron chi connectivity index (χ3n) is 3.25. The molecule has 0 aromatic rings. The fraction of sp³-hybridized carbons (Fsp3) is 0.909. The van der Waals surface area contributed by atoms with Gasteiger partial charge in [-0.2, -0.15) is 0 Å². The summed E-state index contributed by atoms with van der Waals surface area (Å²) in [5, 5.41) is 23.9. The van der Waals surface area contributed by atoms with E-state index in [9.17, 15) is 0 Å². The lowest BCUT2D eigenvalue weighted by Gasteiger charge is -2.21. The van der Waals surface area contributed by atoms with E-state index in [1.165, 1.54) is 0 Å². The van der Waals surface area contributed by atoms with Gasteiger partial charge in [0.15, 0.2) is 0 Å². The Morgan fingerprint density at radius 1 is 1.59 bits per heavy atom. The van der Waals surface area contributed by atoms with Crippen LogP contribution in [0.1, 0.15) is 25.7 Å². The lowest BCUT2D eigenvalue weighted by atomic mass is 10.0. The molecule has 0 radical (unpaired) electrons. The van der Waals surface area contributed by atoms with Gasteiger partial charge in [0.2, 0.25) is 0 Å². The predicted octanol–water partition coefficient (Wildman–Crippen LogP) is -0.110. The number of nitrogens with zero attached hydrogens (tertiary/aromatic N) is 1. The molecule has 0 heterocycles. The normalized spacial score (nSPS) is 20.2. The summed E-state index contributed by atoms with van der Waals surface area (Å²) >= 11 is 0. The Kier molecular flexibility index (Phi) is 5.67. The number of rotatable bonds is 9. The zero-order chi connectivity index (χ0) is 12.7. The smallest absolute Gasteiger partial charge is 0.139 e. The molecule has 0 saturated heterocycles. The Bertz CT molecular complexity index is 248. The summed E-state index contributed by atoms with van der Waals surface area (Å²) < 4.78 is 5.08. The van der Waals surface area contributed by atoms with Gasteiger partial charge in [-0.15, -0.1) is 0 Å². The molecule has 1 aliphatic carbocycles. The van der Waals surface area contributed by atoms with Crippen molar-refractivity contribution in [1.82, 2.24) is 5.32 Å². The van der Waals surface area contributed by atoms with Gasteiger partial charge < -0.3 is 26.1 Å². The molecule has 100 valence electrons. The number of nitrogens with one attached hydrogen (secondary N) is 1. The molecular formula is C11H23N3O3. The van der Waals surface area contributed by atoms with Crippen LogP contribution in [0.5, 0.6) is 0 Å². The Labute approximate surface area is 102 Å². The van der Waals surface area contributed by atoms with Crippen molar-refractivity contribution in [2.45, 2.75) is 31.7 Å². The highest BCUT2D eigenvalue weighted by Gasteiger charge is 2.43. The molecule has 5 N–H and O–H groups in total. The number of amidine groups is 1. The summed E-state index contributed by atoms with van der Waals surface area (Å²) in [4.78, 5) is 0. The number of oxime groups is 1. The second-order valence-electron chi connectivity index (χ2n) is 4.81. The molecule has 0 aromatic carbocycles. The molecule has 17 heavy (non-hydrogen) atoms. The lowest BCUT2D eigenvalue weighted by Crippen LogP contribution is -2.39. The van der Waals surface area contributed by atoms with E-state index in [4.69, 9.17) is 20.8 Å². The van der Waals surface area contributed by atoms with E-state index in [2.05, 4.69) is 10.5 Å². The summed E-state index contributed by atoms with van der Waals surface area (Å²) in [6, 6.07) is 0.162. The van der Waals surface area contributed by atoms with E-state index in [0.717, 1.165) is 19.4 Å². The van der Waals surface area contributed by atoms with Crippen molar-refractivity contribution in [3.05, 3.63) is 0 Å². The number of aliphatic hydroxyl groups is 1. The first-order valence-corrected chi connectivity index (χ1v) is 5.95. The van der Waals surface area contributed by atoms with Crippen molar-refractivity contribution >= 4 is 5.84 Å². The lowest BCUT2D eigenvalue weighted by molar-refractivity contribution is 0.145. The topological polar surface area (TPSA) is 100 Å². The fourth-order valence-electron chi connectivity index (χ4n) is 1.97. The number of aliphatic hydroxyl groups excluding tert-OH is 1. The first-order valence-electron chi connectivity index (χ1n) is 5.95. The monoisotopic (exact) mass is 245 g/mol. The van der Waals surface area contributed by atoms with E-state index in [1.54, 1.807) is 7.11 Å². The quantitative estimate of drug-likeness (QED) is 0.196. The minimum atomic E-state index is 0.137. The maximum Gasteiger partial charge on any atom is 0.139 e. The van der Waals surface area contributed by atoms with Gasteiger partial charge in [0.25, 0.3) is 0 Å². The van der Waals surface area contributed by atoms with Gasteiger partial charge in [0.05, 0.1) is 6.61 Å². The fourth-order valence-corrected chi connectivity index (χ4v) is 1.97. The van der Waals surface area contributed by atoms with Gasteiger partial charge in [-0.05, 0) is 24.7 Å². The molecule has 0 aliphatic heterocycles. The Morgan fingerprint density at radius 2 is 2.29 bits per heavy atom. The molecule has 1 unspecified atom stereocenters. The molecule has 0 amide bonds. The summed E-state index contributed by atoms with van der Waals surface area (Å²) in [6.07, 6.45) is 3.48. The first kappa shape index (κ1) is 14.2. The molecule has 1 saturated carbocycles. The van der Waals surface area contributed by atoms with Gasteiger partial charge in [-0.25, -0.2) is 0 Å². The van der Waals surface area contributed by atoms with Crippen molar-refractivity contribution in [3.63, 3.8) is 0 Å². The van der Waals surface area contributed by atoms with Crippen LogP contribution in [0.4, 0.5) is 0 Å². The second kappa shape index (κ2) is 6.78. The molecule has 1 aliphatic rings. The zero-order valence-corrected chi connectivity index (χ0v) is 10.4. The molecule has 0 bridgehead atoms. The van der Waals surface area contributed by atoms with E-state index in [-0.39, 0.29) is 23.9 Å². The Balaban J connectivity index is 2.32. The van der Waals surface area contributed by atoms with Gasteiger partial charge in [-0.1, -0.05) is 5.16 Å². The van der Waals surface area contributed by atoms with Crippen LogP contribution in [0.25, 0.3) is 0 Å². The Morgan fingerprint density at radius 3 is 2.76 bits per heavy atom. The third kappa shape index (κ3) is 4.89. The molecular weight excluding hydrogens is 222 g/mol. The van der Waals surface area contributed by atoms with Gasteiger partial charge in [-0.3, -0.25) is 0 Å². The third-order valence-corrected chi connectivity index (χ3v) is 3.25. The number of methoxy groups -OCH3 is 1. The molecule has 6 heteroatoms. The van der Waals surface area contributed by atoms with E-state index in [0.29, 0.717) is 19.4 Å². The molecule has 1 fully saturated rings. The first-order chi connectivity index (χ1) is 8.15. The largest absolute Gasteiger partial charge is 0.409 e. The number of hydrogen-bond acceptors (Lipinski definition) is 5. The van der Waals surface area contributed by atoms with Crippen LogP contribution in [0.3, 0.4) is 0 Å². The number of nitrogens with two attached hydrogens (primary N) is 1. The number of hydrogen-bond donors (Lipinski definition) is 4. The minimum absolute atomic E-state index is 0.137. The summed E-state index contributed by atoms with van der Waals surface area (Å²) in [7, 11) is 1.65. The standard InChI is InChI=1S/C11H23N3O3/c1-17-7-9(2-5-15)13-8-11(3-4-11)6-10(12)14-16/h9,13,15-16H,2-8H2,1H3,(H2,12,14). The van der Waals surface area contributed by atoms with Gasteiger partial charge in [0, 0.05) is 32.7 Å². The van der Waals surface area contributed by atoms with Crippen LogP contribution in [0.15, 0.2) is 5.16 Å². The van der Waals surface area contributed by atoms with Crippen LogP contribution in [-0.4, -0.2) is 49.1 Å². The molecule has 0 spiro atoms. The molecule has 6 nitrogen and oxygen atoms in total. The van der Waals surface area contributed by atoms with Crippen molar-refractivity contribution < 1.29 is 15.1 Å². The average Bonchev–Trinajstić information content (AvgIpc) is 3.07. The zero-order valence-electron chi connectivity index (χ0n) is 10.4. The number of ether oxygens (including phenoxy) is 1. The van der Waals surface area contributed by atoms with E-state index in [1.807, 2.05) is 0 Å². The molecule has 1 atom stereocenters. The van der Waals surface area contributed by atoms with Crippen molar-refractivity contribution in [2.75, 3.05) is 26.9 Å². The van der Waals surface area contributed by atoms with E-state index < -0.39 is 0 Å². The van der Waals surface area contributed by atoms with E-state index >= 15 is 0 Å². The van der Waals surface area contributed by atoms with Crippen LogP contribution < -0.4 is 11.1 Å².